The number of nitrogens with zero attached hydrogens (tertiary/aromatic N) is 3. The summed E-state index contributed by atoms with van der Waals surface area (Å²) in [6, 6.07) is 7.23. The van der Waals surface area contributed by atoms with Crippen molar-refractivity contribution < 1.29 is 23.3 Å². The average Bonchev–Trinajstić information content (AvgIpc) is 3.19. The van der Waals surface area contributed by atoms with Crippen LogP contribution in [0, 0.1) is 6.92 Å². The molecule has 0 saturated heterocycles. The van der Waals surface area contributed by atoms with Gasteiger partial charge in [-0.1, -0.05) is 22.4 Å². The van der Waals surface area contributed by atoms with Crippen LogP contribution in [-0.4, -0.2) is 28.4 Å². The van der Waals surface area contributed by atoms with Crippen molar-refractivity contribution in [2.75, 3.05) is 12.8 Å². The Hall–Kier alpha value is -3.36. The van der Waals surface area contributed by atoms with Crippen LogP contribution < -0.4 is 10.5 Å². The Morgan fingerprint density at radius 3 is 2.75 bits per heavy atom. The van der Waals surface area contributed by atoms with Gasteiger partial charge in [-0.15, -0.1) is 0 Å². The summed E-state index contributed by atoms with van der Waals surface area (Å²) in [6.45, 7) is 1.38. The van der Waals surface area contributed by atoms with E-state index in [1.807, 2.05) is 12.1 Å². The maximum Gasteiger partial charge on any atom is 0.346 e. The van der Waals surface area contributed by atoms with Crippen LogP contribution in [0.4, 0.5) is 5.88 Å². The molecule has 0 unspecified atom stereocenters. The Balaban J connectivity index is 1.72. The van der Waals surface area contributed by atoms with Crippen molar-refractivity contribution in [1.29, 1.82) is 0 Å². The van der Waals surface area contributed by atoms with E-state index in [1.54, 1.807) is 26.2 Å². The smallest absolute Gasteiger partial charge is 0.346 e. The van der Waals surface area contributed by atoms with Gasteiger partial charge in [-0.2, -0.15) is 4.98 Å². The summed E-state index contributed by atoms with van der Waals surface area (Å²) < 4.78 is 20.1. The van der Waals surface area contributed by atoms with Gasteiger partial charge in [-0.05, 0) is 19.1 Å². The number of esters is 1. The molecule has 9 nitrogen and oxygen atoms in total. The fourth-order valence-corrected chi connectivity index (χ4v) is 2.09. The molecule has 0 saturated carbocycles. The number of anilines is 1. The lowest BCUT2D eigenvalue weighted by Crippen LogP contribution is -2.08. The number of nitrogen functional groups attached to an aromatic ring is 1. The number of hydrogen-bond acceptors (Lipinski definition) is 9. The van der Waals surface area contributed by atoms with Crippen LogP contribution in [0.1, 0.15) is 21.9 Å². The highest BCUT2D eigenvalue weighted by atomic mass is 16.6. The van der Waals surface area contributed by atoms with Gasteiger partial charge >= 0.3 is 5.97 Å². The fourth-order valence-electron chi connectivity index (χ4n) is 2.09. The van der Waals surface area contributed by atoms with E-state index in [0.717, 1.165) is 0 Å². The number of aromatic nitrogens is 3. The van der Waals surface area contributed by atoms with Crippen LogP contribution in [0.5, 0.6) is 5.75 Å². The molecule has 9 heteroatoms. The van der Waals surface area contributed by atoms with E-state index in [9.17, 15) is 4.79 Å². The molecule has 0 aliphatic carbocycles. The molecule has 2 aromatic heterocycles. The molecule has 0 radical (unpaired) electrons. The quantitative estimate of drug-likeness (QED) is 0.698. The Bertz CT molecular complexity index is 851. The van der Waals surface area contributed by atoms with Gasteiger partial charge < -0.3 is 24.3 Å². The van der Waals surface area contributed by atoms with Gasteiger partial charge in [0.25, 0.3) is 5.89 Å². The minimum Gasteiger partial charge on any atom is -0.496 e. The van der Waals surface area contributed by atoms with Gasteiger partial charge in [-0.25, -0.2) is 4.79 Å². The van der Waals surface area contributed by atoms with Gasteiger partial charge in [0.2, 0.25) is 11.7 Å². The number of ether oxygens (including phenoxy) is 2. The van der Waals surface area contributed by atoms with Crippen molar-refractivity contribution in [1.82, 2.24) is 15.3 Å². The monoisotopic (exact) mass is 330 g/mol. The van der Waals surface area contributed by atoms with Crippen LogP contribution in [0.15, 0.2) is 33.3 Å². The Kier molecular flexibility index (Phi) is 4.15. The molecule has 124 valence electrons. The van der Waals surface area contributed by atoms with Crippen molar-refractivity contribution in [3.05, 3.63) is 41.4 Å². The number of para-hydroxylation sites is 1. The molecule has 2 heterocycles. The summed E-state index contributed by atoms with van der Waals surface area (Å²) in [6.07, 6.45) is 0. The molecule has 0 spiro atoms. The Labute approximate surface area is 136 Å². The zero-order chi connectivity index (χ0) is 17.1. The first-order valence-electron chi connectivity index (χ1n) is 6.95. The second-order valence-electron chi connectivity index (χ2n) is 4.80. The number of rotatable bonds is 5. The third kappa shape index (κ3) is 2.91. The minimum atomic E-state index is -0.678. The van der Waals surface area contributed by atoms with Gasteiger partial charge in [0, 0.05) is 0 Å². The number of carbonyl (C=O) groups is 1. The minimum absolute atomic E-state index is 0.0828. The van der Waals surface area contributed by atoms with Crippen LogP contribution in [0.3, 0.4) is 0 Å². The fraction of sp³-hybridized carbons (Fsp3) is 0.200. The summed E-state index contributed by atoms with van der Waals surface area (Å²) in [4.78, 5) is 16.2. The molecule has 24 heavy (non-hydrogen) atoms. The van der Waals surface area contributed by atoms with E-state index < -0.39 is 5.97 Å². The maximum absolute atomic E-state index is 12.0. The van der Waals surface area contributed by atoms with E-state index in [2.05, 4.69) is 15.3 Å². The second-order valence-corrected chi connectivity index (χ2v) is 4.80. The van der Waals surface area contributed by atoms with Crippen LogP contribution >= 0.6 is 0 Å². The molecule has 0 aliphatic rings. The maximum atomic E-state index is 12.0. The largest absolute Gasteiger partial charge is 0.496 e. The van der Waals surface area contributed by atoms with Crippen molar-refractivity contribution in [3.63, 3.8) is 0 Å². The summed E-state index contributed by atoms with van der Waals surface area (Å²) >= 11 is 0. The molecule has 0 bridgehead atoms. The highest BCUT2D eigenvalue weighted by Gasteiger charge is 2.21. The number of hydrogen-bond donors (Lipinski definition) is 1. The zero-order valence-corrected chi connectivity index (χ0v) is 13.0. The van der Waals surface area contributed by atoms with Gasteiger partial charge in [0.15, 0.2) is 6.61 Å². The predicted molar refractivity (Wildman–Crippen MR) is 81.1 cm³/mol. The summed E-state index contributed by atoms with van der Waals surface area (Å²) in [5, 5.41) is 7.45. The molecule has 1 aromatic carbocycles. The number of methoxy groups -OCH3 is 1. The number of aryl methyl sites for hydroxylation is 1. The van der Waals surface area contributed by atoms with Crippen LogP contribution in [0.2, 0.25) is 0 Å². The molecule has 3 aromatic rings. The van der Waals surface area contributed by atoms with E-state index >= 15 is 0 Å². The zero-order valence-electron chi connectivity index (χ0n) is 13.0. The van der Waals surface area contributed by atoms with E-state index in [0.29, 0.717) is 22.8 Å². The molecule has 0 aliphatic heterocycles. The molecular formula is C15H14N4O5. The Morgan fingerprint density at radius 2 is 2.04 bits per heavy atom. The highest BCUT2D eigenvalue weighted by Crippen LogP contribution is 2.27. The lowest BCUT2D eigenvalue weighted by Gasteiger charge is -2.03. The standard InChI is InChI=1S/C15H14N4O5/c1-8-12(13(16)24-18-8)15(20)22-7-11-17-14(19-23-11)9-5-3-4-6-10(9)21-2/h3-6H,7,16H2,1-2H3. The summed E-state index contributed by atoms with van der Waals surface area (Å²) in [7, 11) is 1.55. The van der Waals surface area contributed by atoms with E-state index in [4.69, 9.17) is 24.3 Å². The molecule has 0 amide bonds. The van der Waals surface area contributed by atoms with Crippen molar-refractivity contribution in [2.24, 2.45) is 0 Å². The third-order valence-corrected chi connectivity index (χ3v) is 3.24. The topological polar surface area (TPSA) is 127 Å². The van der Waals surface area contributed by atoms with Crippen LogP contribution in [-0.2, 0) is 11.3 Å². The lowest BCUT2D eigenvalue weighted by molar-refractivity contribution is 0.0430. The average molecular weight is 330 g/mol. The highest BCUT2D eigenvalue weighted by molar-refractivity contribution is 5.94. The first-order chi connectivity index (χ1) is 11.6. The van der Waals surface area contributed by atoms with E-state index in [1.165, 1.54) is 0 Å². The molecular weight excluding hydrogens is 316 g/mol. The normalized spacial score (nSPS) is 10.6. The van der Waals surface area contributed by atoms with E-state index in [-0.39, 0.29) is 23.9 Å². The number of carbonyl (C=O) groups excluding carboxylic acids is 1. The van der Waals surface area contributed by atoms with Gasteiger partial charge in [0.1, 0.15) is 11.3 Å². The van der Waals surface area contributed by atoms with Crippen molar-refractivity contribution in [3.8, 4) is 17.1 Å². The molecule has 3 rings (SSSR count). The predicted octanol–water partition coefficient (Wildman–Crippen LogP) is 1.98. The SMILES string of the molecule is COc1ccccc1-c1noc(COC(=O)c2c(C)noc2N)n1. The lowest BCUT2D eigenvalue weighted by atomic mass is 10.2. The van der Waals surface area contributed by atoms with Crippen molar-refractivity contribution in [2.45, 2.75) is 13.5 Å². The first kappa shape index (κ1) is 15.5. The number of benzene rings is 1. The molecule has 0 fully saturated rings. The molecule has 0 atom stereocenters. The van der Waals surface area contributed by atoms with Crippen molar-refractivity contribution >= 4 is 11.9 Å². The third-order valence-electron chi connectivity index (χ3n) is 3.24. The van der Waals surface area contributed by atoms with Gasteiger partial charge in [0.05, 0.1) is 18.4 Å². The Morgan fingerprint density at radius 1 is 1.25 bits per heavy atom. The summed E-state index contributed by atoms with van der Waals surface area (Å²) in [5.74, 6) is 0.298. The van der Waals surface area contributed by atoms with Crippen LogP contribution in [0.25, 0.3) is 11.4 Å². The molecule has 2 N–H and O–H groups in total. The summed E-state index contributed by atoms with van der Waals surface area (Å²) in [5.41, 5.74) is 6.62. The number of nitrogens with two attached hydrogens (primary N) is 1. The van der Waals surface area contributed by atoms with Gasteiger partial charge in [-0.3, -0.25) is 0 Å². The first-order valence-corrected chi connectivity index (χ1v) is 6.95. The second kappa shape index (κ2) is 6.41.